The van der Waals surface area contributed by atoms with E-state index in [1.54, 1.807) is 6.07 Å². The number of oxazole rings is 1. The van der Waals surface area contributed by atoms with Gasteiger partial charge >= 0.3 is 10.3 Å². The first-order chi connectivity index (χ1) is 12.4. The van der Waals surface area contributed by atoms with Crippen molar-refractivity contribution in [1.82, 2.24) is 4.98 Å². The van der Waals surface area contributed by atoms with Crippen LogP contribution in [0.1, 0.15) is 44.4 Å². The highest BCUT2D eigenvalue weighted by atomic mass is 32.2. The summed E-state index contributed by atoms with van der Waals surface area (Å²) in [6, 6.07) is 4.71. The molecule has 2 aromatic rings. The molecule has 3 fully saturated rings. The van der Waals surface area contributed by atoms with Gasteiger partial charge in [0.25, 0.3) is 0 Å². The predicted octanol–water partition coefficient (Wildman–Crippen LogP) is 3.64. The van der Waals surface area contributed by atoms with Gasteiger partial charge in [-0.2, -0.15) is 13.6 Å². The molecule has 1 heterocycles. The molecule has 3 aliphatic carbocycles. The number of nitrogens with two attached hydrogens (primary N) is 1. The summed E-state index contributed by atoms with van der Waals surface area (Å²) in [6.45, 7) is 0. The molecule has 0 aliphatic heterocycles. The third-order valence-corrected chi connectivity index (χ3v) is 6.79. The minimum atomic E-state index is -4.05. The van der Waals surface area contributed by atoms with E-state index in [9.17, 15) is 8.42 Å². The zero-order chi connectivity index (χ0) is 17.9. The van der Waals surface area contributed by atoms with Gasteiger partial charge in [-0.1, -0.05) is 5.57 Å². The van der Waals surface area contributed by atoms with E-state index in [1.807, 2.05) is 0 Å². The Kier molecular flexibility index (Phi) is 3.66. The Balaban J connectivity index is 1.44. The van der Waals surface area contributed by atoms with E-state index in [1.165, 1.54) is 49.8 Å². The number of fused-ring (bicyclic) bond motifs is 3. The Hall–Kier alpha value is -1.86. The van der Waals surface area contributed by atoms with Crippen LogP contribution in [-0.2, 0) is 10.3 Å². The van der Waals surface area contributed by atoms with Crippen molar-refractivity contribution in [3.05, 3.63) is 29.7 Å². The normalized spacial score (nSPS) is 32.3. The van der Waals surface area contributed by atoms with Gasteiger partial charge < -0.3 is 8.60 Å². The molecule has 2 N–H and O–H groups in total. The second-order valence-electron chi connectivity index (χ2n) is 8.04. The molecule has 1 aromatic carbocycles. The van der Waals surface area contributed by atoms with Gasteiger partial charge in [-0.15, -0.1) is 0 Å². The Labute approximate surface area is 152 Å². The Morgan fingerprint density at radius 2 is 2.04 bits per heavy atom. The summed E-state index contributed by atoms with van der Waals surface area (Å²) >= 11 is 0. The molecular formula is C19H22N2O4S. The van der Waals surface area contributed by atoms with Crippen molar-refractivity contribution in [2.75, 3.05) is 0 Å². The fourth-order valence-corrected chi connectivity index (χ4v) is 5.79. The van der Waals surface area contributed by atoms with Gasteiger partial charge in [0.15, 0.2) is 5.58 Å². The van der Waals surface area contributed by atoms with Crippen molar-refractivity contribution >= 4 is 27.5 Å². The van der Waals surface area contributed by atoms with Crippen LogP contribution < -0.4 is 9.32 Å². The smallest absolute Gasteiger partial charge is 0.380 e. The Morgan fingerprint density at radius 1 is 1.19 bits per heavy atom. The molecule has 6 nitrogen and oxygen atoms in total. The summed E-state index contributed by atoms with van der Waals surface area (Å²) in [6.07, 6.45) is 10.0. The van der Waals surface area contributed by atoms with Crippen molar-refractivity contribution in [1.29, 1.82) is 0 Å². The second-order valence-corrected chi connectivity index (χ2v) is 9.19. The zero-order valence-corrected chi connectivity index (χ0v) is 15.2. The lowest BCUT2D eigenvalue weighted by Gasteiger charge is -2.28. The summed E-state index contributed by atoms with van der Waals surface area (Å²) < 4.78 is 32.7. The standard InChI is InChI=1S/C19H22N2O4S/c20-26(22,23)25-16-3-4-17-18(10-16)24-19(21-17)9-13-2-1-12-5-11-6-14(12)8-15(13)7-11/h3-4,9-12,14-15H,1-2,5-8H2,(H2,20,22,23). The van der Waals surface area contributed by atoms with E-state index in [-0.39, 0.29) is 5.75 Å². The van der Waals surface area contributed by atoms with Crippen LogP contribution in [-0.4, -0.2) is 13.4 Å². The van der Waals surface area contributed by atoms with Gasteiger partial charge in [-0.25, -0.2) is 4.98 Å². The molecule has 26 heavy (non-hydrogen) atoms. The molecule has 0 amide bonds. The molecule has 7 heteroatoms. The Bertz CT molecular complexity index is 994. The minimum Gasteiger partial charge on any atom is -0.437 e. The number of hydrogen-bond acceptors (Lipinski definition) is 5. The zero-order valence-electron chi connectivity index (χ0n) is 14.4. The second kappa shape index (κ2) is 5.82. The van der Waals surface area contributed by atoms with Crippen LogP contribution in [0.15, 0.2) is 28.2 Å². The molecule has 5 rings (SSSR count). The highest BCUT2D eigenvalue weighted by Gasteiger charge is 2.43. The van der Waals surface area contributed by atoms with E-state index in [4.69, 9.17) is 13.7 Å². The Morgan fingerprint density at radius 3 is 2.88 bits per heavy atom. The van der Waals surface area contributed by atoms with Crippen LogP contribution in [0.5, 0.6) is 5.75 Å². The van der Waals surface area contributed by atoms with Crippen LogP contribution in [0.2, 0.25) is 0 Å². The first-order valence-corrected chi connectivity index (χ1v) is 10.7. The van der Waals surface area contributed by atoms with Crippen molar-refractivity contribution in [3.8, 4) is 5.75 Å². The summed E-state index contributed by atoms with van der Waals surface area (Å²) in [5, 5.41) is 4.91. The first kappa shape index (κ1) is 16.3. The molecule has 0 spiro atoms. The third-order valence-electron chi connectivity index (χ3n) is 6.37. The molecule has 1 aromatic heterocycles. The van der Waals surface area contributed by atoms with Crippen molar-refractivity contribution in [2.24, 2.45) is 28.8 Å². The number of hydrogen-bond donors (Lipinski definition) is 1. The summed E-state index contributed by atoms with van der Waals surface area (Å²) in [7, 11) is -4.05. The molecule has 3 saturated carbocycles. The topological polar surface area (TPSA) is 95.4 Å². The number of rotatable bonds is 3. The lowest BCUT2D eigenvalue weighted by molar-refractivity contribution is 0.284. The van der Waals surface area contributed by atoms with Gasteiger partial charge in [0.1, 0.15) is 11.3 Å². The molecule has 3 aliphatic rings. The number of aromatic nitrogens is 1. The van der Waals surface area contributed by atoms with E-state index < -0.39 is 10.3 Å². The SMILES string of the molecule is NS(=O)(=O)Oc1ccc2nc(C=C3CCC4CC5CC3CC4C5)oc2c1. The lowest BCUT2D eigenvalue weighted by atomic mass is 9.77. The number of nitrogens with zero attached hydrogens (tertiary/aromatic N) is 1. The maximum atomic E-state index is 11.1. The monoisotopic (exact) mass is 374 g/mol. The van der Waals surface area contributed by atoms with Crippen LogP contribution in [0.4, 0.5) is 0 Å². The summed E-state index contributed by atoms with van der Waals surface area (Å²) in [4.78, 5) is 4.53. The lowest BCUT2D eigenvalue weighted by Crippen LogP contribution is -2.18. The maximum Gasteiger partial charge on any atom is 0.380 e. The largest absolute Gasteiger partial charge is 0.437 e. The van der Waals surface area contributed by atoms with Gasteiger partial charge in [0.2, 0.25) is 5.89 Å². The predicted molar refractivity (Wildman–Crippen MR) is 97.4 cm³/mol. The molecular weight excluding hydrogens is 352 g/mol. The van der Waals surface area contributed by atoms with E-state index in [2.05, 4.69) is 11.1 Å². The molecule has 4 atom stereocenters. The highest BCUT2D eigenvalue weighted by Crippen LogP contribution is 2.55. The molecule has 0 radical (unpaired) electrons. The van der Waals surface area contributed by atoms with Crippen molar-refractivity contribution in [2.45, 2.75) is 38.5 Å². The molecule has 3 bridgehead atoms. The average Bonchev–Trinajstić information content (AvgIpc) is 3.05. The summed E-state index contributed by atoms with van der Waals surface area (Å²) in [5.74, 6) is 4.13. The molecule has 138 valence electrons. The van der Waals surface area contributed by atoms with Crippen molar-refractivity contribution < 1.29 is 17.0 Å². The van der Waals surface area contributed by atoms with Crippen LogP contribution in [0, 0.1) is 23.7 Å². The van der Waals surface area contributed by atoms with E-state index in [0.717, 1.165) is 24.2 Å². The fourth-order valence-electron chi connectivity index (χ4n) is 5.41. The average molecular weight is 374 g/mol. The molecule has 0 saturated heterocycles. The number of benzene rings is 1. The van der Waals surface area contributed by atoms with Crippen LogP contribution >= 0.6 is 0 Å². The van der Waals surface area contributed by atoms with Crippen molar-refractivity contribution in [3.63, 3.8) is 0 Å². The third kappa shape index (κ3) is 3.03. The maximum absolute atomic E-state index is 11.1. The fraction of sp³-hybridized carbons (Fsp3) is 0.526. The summed E-state index contributed by atoms with van der Waals surface area (Å²) in [5.41, 5.74) is 2.64. The first-order valence-electron chi connectivity index (χ1n) is 9.26. The van der Waals surface area contributed by atoms with Gasteiger partial charge in [-0.05, 0) is 74.3 Å². The van der Waals surface area contributed by atoms with Crippen LogP contribution in [0.25, 0.3) is 17.2 Å². The van der Waals surface area contributed by atoms with E-state index >= 15 is 0 Å². The van der Waals surface area contributed by atoms with Gasteiger partial charge in [-0.3, -0.25) is 0 Å². The molecule has 4 unspecified atom stereocenters. The quantitative estimate of drug-likeness (QED) is 0.885. The van der Waals surface area contributed by atoms with E-state index in [0.29, 0.717) is 22.9 Å². The van der Waals surface area contributed by atoms with Gasteiger partial charge in [0.05, 0.1) is 0 Å². The van der Waals surface area contributed by atoms with Crippen LogP contribution in [0.3, 0.4) is 0 Å². The number of allylic oxidation sites excluding steroid dienone is 1. The minimum absolute atomic E-state index is 0.125. The van der Waals surface area contributed by atoms with Gasteiger partial charge in [0, 0.05) is 12.1 Å². The highest BCUT2D eigenvalue weighted by molar-refractivity contribution is 7.84.